The van der Waals surface area contributed by atoms with E-state index < -0.39 is 0 Å². The third-order valence-corrected chi connectivity index (χ3v) is 4.69. The molecule has 9 heteroatoms. The molecular formula is C17H25N7O2. The second-order valence-electron chi connectivity index (χ2n) is 6.68. The van der Waals surface area contributed by atoms with Gasteiger partial charge >= 0.3 is 0 Å². The number of amides is 2. The number of aromatic amines is 1. The molecule has 3 rings (SSSR count). The highest BCUT2D eigenvalue weighted by Crippen LogP contribution is 2.11. The Balaban J connectivity index is 1.47. The van der Waals surface area contributed by atoms with E-state index in [1.807, 2.05) is 22.9 Å². The Labute approximate surface area is 152 Å². The molecule has 2 aromatic heterocycles. The summed E-state index contributed by atoms with van der Waals surface area (Å²) in [5.41, 5.74) is 1.03. The van der Waals surface area contributed by atoms with Gasteiger partial charge in [-0.15, -0.1) is 0 Å². The van der Waals surface area contributed by atoms with E-state index in [0.29, 0.717) is 45.6 Å². The molecule has 0 aromatic carbocycles. The Kier molecular flexibility index (Phi) is 5.98. The van der Waals surface area contributed by atoms with E-state index in [-0.39, 0.29) is 17.7 Å². The van der Waals surface area contributed by atoms with Crippen molar-refractivity contribution in [1.82, 2.24) is 34.8 Å². The fourth-order valence-electron chi connectivity index (χ4n) is 3.21. The van der Waals surface area contributed by atoms with Gasteiger partial charge in [-0.3, -0.25) is 19.4 Å². The summed E-state index contributed by atoms with van der Waals surface area (Å²) in [6, 6.07) is 0. The van der Waals surface area contributed by atoms with Crippen molar-refractivity contribution in [3.05, 3.63) is 30.6 Å². The molecule has 0 aliphatic carbocycles. The lowest BCUT2D eigenvalue weighted by Gasteiger charge is -2.24. The molecule has 1 saturated heterocycles. The number of aryl methyl sites for hydroxylation is 1. The standard InChI is InChI=1S/C17H25N7O2/c1-14(11-24-13-18-12-21-24)17(26)23-6-2-5-22(7-8-23)16(25)4-3-15-9-19-20-10-15/h9-10,12-14H,2-8,11H2,1H3,(H,19,20). The summed E-state index contributed by atoms with van der Waals surface area (Å²) in [6.07, 6.45) is 8.60. The van der Waals surface area contributed by atoms with Gasteiger partial charge in [-0.05, 0) is 18.4 Å². The Bertz CT molecular complexity index is 699. The molecule has 140 valence electrons. The molecule has 1 N–H and O–H groups in total. The Morgan fingerprint density at radius 3 is 2.77 bits per heavy atom. The zero-order valence-electron chi connectivity index (χ0n) is 15.0. The summed E-state index contributed by atoms with van der Waals surface area (Å²) in [7, 11) is 0. The second-order valence-corrected chi connectivity index (χ2v) is 6.68. The van der Waals surface area contributed by atoms with Gasteiger partial charge < -0.3 is 9.80 Å². The van der Waals surface area contributed by atoms with Crippen LogP contribution in [0.25, 0.3) is 0 Å². The Hall–Kier alpha value is -2.71. The van der Waals surface area contributed by atoms with Crippen LogP contribution in [0.5, 0.6) is 0 Å². The van der Waals surface area contributed by atoms with Crippen molar-refractivity contribution in [2.24, 2.45) is 5.92 Å². The molecule has 0 radical (unpaired) electrons. The van der Waals surface area contributed by atoms with Gasteiger partial charge in [0.15, 0.2) is 0 Å². The molecule has 0 saturated carbocycles. The third kappa shape index (κ3) is 4.68. The molecule has 1 fully saturated rings. The number of carbonyl (C=O) groups excluding carboxylic acids is 2. The van der Waals surface area contributed by atoms with E-state index in [0.717, 1.165) is 12.0 Å². The molecular weight excluding hydrogens is 334 g/mol. The second kappa shape index (κ2) is 8.59. The highest BCUT2D eigenvalue weighted by Gasteiger charge is 2.25. The van der Waals surface area contributed by atoms with Crippen molar-refractivity contribution in [3.8, 4) is 0 Å². The van der Waals surface area contributed by atoms with Gasteiger partial charge in [-0.25, -0.2) is 4.98 Å². The van der Waals surface area contributed by atoms with Crippen LogP contribution in [0, 0.1) is 5.92 Å². The van der Waals surface area contributed by atoms with E-state index in [2.05, 4.69) is 20.3 Å². The van der Waals surface area contributed by atoms with Gasteiger partial charge in [-0.1, -0.05) is 6.92 Å². The van der Waals surface area contributed by atoms with Crippen molar-refractivity contribution in [2.45, 2.75) is 32.7 Å². The first-order valence-electron chi connectivity index (χ1n) is 9.00. The van der Waals surface area contributed by atoms with Crippen LogP contribution >= 0.6 is 0 Å². The van der Waals surface area contributed by atoms with Crippen LogP contribution < -0.4 is 0 Å². The SMILES string of the molecule is CC(Cn1cncn1)C(=O)N1CCCN(C(=O)CCc2cn[nH]c2)CC1. The van der Waals surface area contributed by atoms with Gasteiger partial charge in [0.05, 0.1) is 18.7 Å². The summed E-state index contributed by atoms with van der Waals surface area (Å²) in [6.45, 7) is 4.98. The zero-order chi connectivity index (χ0) is 18.4. The van der Waals surface area contributed by atoms with Crippen LogP contribution in [-0.2, 0) is 22.6 Å². The molecule has 2 aromatic rings. The van der Waals surface area contributed by atoms with Crippen molar-refractivity contribution in [2.75, 3.05) is 26.2 Å². The lowest BCUT2D eigenvalue weighted by atomic mass is 10.1. The fourth-order valence-corrected chi connectivity index (χ4v) is 3.21. The van der Waals surface area contributed by atoms with E-state index in [4.69, 9.17) is 0 Å². The van der Waals surface area contributed by atoms with Crippen molar-refractivity contribution >= 4 is 11.8 Å². The monoisotopic (exact) mass is 359 g/mol. The molecule has 1 aliphatic rings. The largest absolute Gasteiger partial charge is 0.341 e. The van der Waals surface area contributed by atoms with Gasteiger partial charge in [0.25, 0.3) is 0 Å². The predicted molar refractivity (Wildman–Crippen MR) is 93.9 cm³/mol. The van der Waals surface area contributed by atoms with Crippen LogP contribution in [0.2, 0.25) is 0 Å². The number of rotatable bonds is 6. The van der Waals surface area contributed by atoms with Crippen LogP contribution in [0.4, 0.5) is 0 Å². The molecule has 1 unspecified atom stereocenters. The number of aromatic nitrogens is 5. The minimum atomic E-state index is -0.167. The van der Waals surface area contributed by atoms with E-state index >= 15 is 0 Å². The smallest absolute Gasteiger partial charge is 0.227 e. The Morgan fingerprint density at radius 2 is 2.04 bits per heavy atom. The van der Waals surface area contributed by atoms with Crippen LogP contribution in [-0.4, -0.2) is 72.8 Å². The molecule has 0 spiro atoms. The number of nitrogens with zero attached hydrogens (tertiary/aromatic N) is 6. The number of carbonyl (C=O) groups is 2. The maximum atomic E-state index is 12.7. The predicted octanol–water partition coefficient (Wildman–Crippen LogP) is 0.331. The Morgan fingerprint density at radius 1 is 1.23 bits per heavy atom. The normalized spacial score (nSPS) is 16.3. The maximum absolute atomic E-state index is 12.7. The molecule has 3 heterocycles. The number of hydrogen-bond donors (Lipinski definition) is 1. The summed E-state index contributed by atoms with van der Waals surface area (Å²) in [5.74, 6) is 0.0735. The zero-order valence-corrected chi connectivity index (χ0v) is 15.0. The van der Waals surface area contributed by atoms with Crippen LogP contribution in [0.1, 0.15) is 25.3 Å². The van der Waals surface area contributed by atoms with Gasteiger partial charge in [0.1, 0.15) is 12.7 Å². The first kappa shape index (κ1) is 18.1. The minimum absolute atomic E-state index is 0.105. The lowest BCUT2D eigenvalue weighted by molar-refractivity contribution is -0.136. The first-order valence-corrected chi connectivity index (χ1v) is 9.00. The summed E-state index contributed by atoms with van der Waals surface area (Å²) in [5, 5.41) is 10.7. The lowest BCUT2D eigenvalue weighted by Crippen LogP contribution is -2.40. The molecule has 26 heavy (non-hydrogen) atoms. The summed E-state index contributed by atoms with van der Waals surface area (Å²) < 4.78 is 1.67. The van der Waals surface area contributed by atoms with Crippen LogP contribution in [0.3, 0.4) is 0 Å². The molecule has 1 aliphatic heterocycles. The van der Waals surface area contributed by atoms with Crippen molar-refractivity contribution < 1.29 is 9.59 Å². The average Bonchev–Trinajstić information content (AvgIpc) is 3.29. The minimum Gasteiger partial charge on any atom is -0.341 e. The third-order valence-electron chi connectivity index (χ3n) is 4.69. The maximum Gasteiger partial charge on any atom is 0.227 e. The van der Waals surface area contributed by atoms with Gasteiger partial charge in [-0.2, -0.15) is 10.2 Å². The average molecular weight is 359 g/mol. The topological polar surface area (TPSA) is 100 Å². The van der Waals surface area contributed by atoms with Gasteiger partial charge in [0, 0.05) is 38.8 Å². The van der Waals surface area contributed by atoms with Crippen molar-refractivity contribution in [3.63, 3.8) is 0 Å². The summed E-state index contributed by atoms with van der Waals surface area (Å²) >= 11 is 0. The van der Waals surface area contributed by atoms with Gasteiger partial charge in [0.2, 0.25) is 11.8 Å². The molecule has 0 bridgehead atoms. The van der Waals surface area contributed by atoms with E-state index in [9.17, 15) is 9.59 Å². The quantitative estimate of drug-likeness (QED) is 0.801. The molecule has 9 nitrogen and oxygen atoms in total. The number of hydrogen-bond acceptors (Lipinski definition) is 5. The first-order chi connectivity index (χ1) is 12.6. The highest BCUT2D eigenvalue weighted by atomic mass is 16.2. The number of nitrogens with one attached hydrogen (secondary N) is 1. The summed E-state index contributed by atoms with van der Waals surface area (Å²) in [4.78, 5) is 32.8. The number of H-pyrrole nitrogens is 1. The highest BCUT2D eigenvalue weighted by molar-refractivity contribution is 5.79. The van der Waals surface area contributed by atoms with E-state index in [1.54, 1.807) is 17.2 Å². The molecule has 2 amide bonds. The molecule has 1 atom stereocenters. The van der Waals surface area contributed by atoms with Crippen molar-refractivity contribution in [1.29, 1.82) is 0 Å². The van der Waals surface area contributed by atoms with Crippen LogP contribution in [0.15, 0.2) is 25.0 Å². The van der Waals surface area contributed by atoms with E-state index in [1.165, 1.54) is 6.33 Å². The fraction of sp³-hybridized carbons (Fsp3) is 0.588.